The average molecular weight is 223 g/mol. The smallest absolute Gasteiger partial charge is 0.355 e. The third-order valence-electron chi connectivity index (χ3n) is 1.96. The summed E-state index contributed by atoms with van der Waals surface area (Å²) in [4.78, 5) is 14.7. The molecule has 0 unspecified atom stereocenters. The highest BCUT2D eigenvalue weighted by atomic mass is 32.1. The van der Waals surface area contributed by atoms with Crippen molar-refractivity contribution in [2.24, 2.45) is 0 Å². The Morgan fingerprint density at radius 1 is 1.67 bits per heavy atom. The molecule has 0 amide bonds. The van der Waals surface area contributed by atoms with Crippen molar-refractivity contribution in [3.05, 3.63) is 23.3 Å². The first kappa shape index (κ1) is 9.85. The minimum atomic E-state index is -1.000. The molecule has 2 heterocycles. The van der Waals surface area contributed by atoms with Gasteiger partial charge in [-0.25, -0.2) is 9.78 Å². The lowest BCUT2D eigenvalue weighted by atomic mass is 10.4. The zero-order valence-corrected chi connectivity index (χ0v) is 8.86. The number of aromatic nitrogens is 3. The monoisotopic (exact) mass is 223 g/mol. The van der Waals surface area contributed by atoms with Crippen molar-refractivity contribution in [1.29, 1.82) is 0 Å². The van der Waals surface area contributed by atoms with E-state index in [2.05, 4.69) is 10.1 Å². The maximum absolute atomic E-state index is 10.7. The van der Waals surface area contributed by atoms with Gasteiger partial charge in [0, 0.05) is 18.1 Å². The van der Waals surface area contributed by atoms with E-state index in [0.717, 1.165) is 12.2 Å². The molecule has 5 nitrogen and oxygen atoms in total. The highest BCUT2D eigenvalue weighted by Gasteiger charge is 2.12. The van der Waals surface area contributed by atoms with Crippen LogP contribution in [0.2, 0.25) is 0 Å². The van der Waals surface area contributed by atoms with Crippen molar-refractivity contribution in [3.63, 3.8) is 0 Å². The Labute approximate surface area is 90.0 Å². The summed E-state index contributed by atoms with van der Waals surface area (Å²) in [6, 6.07) is 1.83. The van der Waals surface area contributed by atoms with Gasteiger partial charge in [0.1, 0.15) is 5.01 Å². The molecule has 0 bridgehead atoms. The van der Waals surface area contributed by atoms with Gasteiger partial charge in [0.25, 0.3) is 0 Å². The van der Waals surface area contributed by atoms with Crippen LogP contribution >= 0.6 is 11.3 Å². The summed E-state index contributed by atoms with van der Waals surface area (Å²) in [5, 5.41) is 15.1. The molecule has 0 aliphatic carbocycles. The van der Waals surface area contributed by atoms with Crippen molar-refractivity contribution in [1.82, 2.24) is 14.8 Å². The van der Waals surface area contributed by atoms with E-state index >= 15 is 0 Å². The number of carboxylic acids is 1. The highest BCUT2D eigenvalue weighted by molar-refractivity contribution is 7.13. The standard InChI is InChI=1S/C9H9N3O2S/c1-2-12-7(3-4-10-12)8-11-6(5-15-8)9(13)14/h3-5H,2H2,1H3,(H,13,14). The molecule has 0 saturated heterocycles. The molecule has 0 radical (unpaired) electrons. The van der Waals surface area contributed by atoms with E-state index in [1.165, 1.54) is 16.7 Å². The molecule has 2 aromatic heterocycles. The molecular formula is C9H9N3O2S. The van der Waals surface area contributed by atoms with E-state index in [9.17, 15) is 4.79 Å². The Morgan fingerprint density at radius 2 is 2.47 bits per heavy atom. The van der Waals surface area contributed by atoms with Crippen LogP contribution in [0.4, 0.5) is 0 Å². The number of thiazole rings is 1. The first-order valence-electron chi connectivity index (χ1n) is 4.43. The molecular weight excluding hydrogens is 214 g/mol. The van der Waals surface area contributed by atoms with Crippen molar-refractivity contribution in [2.45, 2.75) is 13.5 Å². The Morgan fingerprint density at radius 3 is 3.07 bits per heavy atom. The summed E-state index contributed by atoms with van der Waals surface area (Å²) in [6.45, 7) is 2.71. The van der Waals surface area contributed by atoms with Gasteiger partial charge in [0.05, 0.1) is 5.69 Å². The van der Waals surface area contributed by atoms with Crippen LogP contribution in [-0.4, -0.2) is 25.8 Å². The van der Waals surface area contributed by atoms with Crippen molar-refractivity contribution in [2.75, 3.05) is 0 Å². The Hall–Kier alpha value is -1.69. The summed E-state index contributed by atoms with van der Waals surface area (Å²) in [5.41, 5.74) is 0.939. The molecule has 2 rings (SSSR count). The average Bonchev–Trinajstić information content (AvgIpc) is 2.85. The molecule has 15 heavy (non-hydrogen) atoms. The van der Waals surface area contributed by atoms with Crippen molar-refractivity contribution < 1.29 is 9.90 Å². The topological polar surface area (TPSA) is 68.0 Å². The first-order chi connectivity index (χ1) is 7.22. The Bertz CT molecular complexity index is 489. The van der Waals surface area contributed by atoms with Gasteiger partial charge in [-0.15, -0.1) is 11.3 Å². The summed E-state index contributed by atoms with van der Waals surface area (Å²) < 4.78 is 1.78. The predicted molar refractivity (Wildman–Crippen MR) is 56.0 cm³/mol. The number of rotatable bonds is 3. The number of hydrogen-bond donors (Lipinski definition) is 1. The lowest BCUT2D eigenvalue weighted by molar-refractivity contribution is 0.0691. The molecule has 0 aromatic carbocycles. The van der Waals surface area contributed by atoms with Gasteiger partial charge in [-0.05, 0) is 13.0 Å². The van der Waals surface area contributed by atoms with E-state index in [-0.39, 0.29) is 5.69 Å². The molecule has 0 fully saturated rings. The normalized spacial score (nSPS) is 10.5. The van der Waals surface area contributed by atoms with Crippen LogP contribution in [0.3, 0.4) is 0 Å². The largest absolute Gasteiger partial charge is 0.476 e. The van der Waals surface area contributed by atoms with Gasteiger partial charge in [0.15, 0.2) is 5.69 Å². The molecule has 1 N–H and O–H groups in total. The third kappa shape index (κ3) is 1.75. The molecule has 0 aliphatic rings. The lowest BCUT2D eigenvalue weighted by Gasteiger charge is -1.99. The number of aromatic carboxylic acids is 1. The van der Waals surface area contributed by atoms with E-state index in [1.54, 1.807) is 10.9 Å². The lowest BCUT2D eigenvalue weighted by Crippen LogP contribution is -1.99. The van der Waals surface area contributed by atoms with Crippen LogP contribution in [0, 0.1) is 0 Å². The number of hydrogen-bond acceptors (Lipinski definition) is 4. The molecule has 6 heteroatoms. The minimum Gasteiger partial charge on any atom is -0.476 e. The second-order valence-corrected chi connectivity index (χ2v) is 3.73. The molecule has 0 aliphatic heterocycles. The molecule has 0 spiro atoms. The van der Waals surface area contributed by atoms with E-state index < -0.39 is 5.97 Å². The zero-order valence-electron chi connectivity index (χ0n) is 8.04. The van der Waals surface area contributed by atoms with Gasteiger partial charge in [-0.2, -0.15) is 5.10 Å². The summed E-state index contributed by atoms with van der Waals surface area (Å²) >= 11 is 1.31. The first-order valence-corrected chi connectivity index (χ1v) is 5.31. The highest BCUT2D eigenvalue weighted by Crippen LogP contribution is 2.23. The second-order valence-electron chi connectivity index (χ2n) is 2.88. The Balaban J connectivity index is 2.41. The van der Waals surface area contributed by atoms with Gasteiger partial charge < -0.3 is 5.11 Å². The van der Waals surface area contributed by atoms with E-state index in [0.29, 0.717) is 5.01 Å². The van der Waals surface area contributed by atoms with Crippen LogP contribution in [0.25, 0.3) is 10.7 Å². The number of nitrogens with zero attached hydrogens (tertiary/aromatic N) is 3. The van der Waals surface area contributed by atoms with Gasteiger partial charge in [-0.1, -0.05) is 0 Å². The number of carboxylic acid groups (broad SMARTS) is 1. The molecule has 0 saturated carbocycles. The number of carbonyl (C=O) groups is 1. The fraction of sp³-hybridized carbons (Fsp3) is 0.222. The van der Waals surface area contributed by atoms with Crippen molar-refractivity contribution >= 4 is 17.3 Å². The van der Waals surface area contributed by atoms with E-state index in [4.69, 9.17) is 5.11 Å². The zero-order chi connectivity index (χ0) is 10.8. The third-order valence-corrected chi connectivity index (χ3v) is 2.82. The van der Waals surface area contributed by atoms with Crippen LogP contribution in [0.5, 0.6) is 0 Å². The van der Waals surface area contributed by atoms with Gasteiger partial charge in [-0.3, -0.25) is 4.68 Å². The van der Waals surface area contributed by atoms with Crippen LogP contribution in [0.15, 0.2) is 17.6 Å². The minimum absolute atomic E-state index is 0.0823. The SMILES string of the molecule is CCn1nccc1-c1nc(C(=O)O)cs1. The quantitative estimate of drug-likeness (QED) is 0.860. The molecule has 78 valence electrons. The summed E-state index contributed by atoms with van der Waals surface area (Å²) in [6.07, 6.45) is 1.68. The maximum Gasteiger partial charge on any atom is 0.355 e. The van der Waals surface area contributed by atoms with Gasteiger partial charge >= 0.3 is 5.97 Å². The van der Waals surface area contributed by atoms with Crippen LogP contribution in [0.1, 0.15) is 17.4 Å². The molecule has 2 aromatic rings. The fourth-order valence-corrected chi connectivity index (χ4v) is 2.08. The summed E-state index contributed by atoms with van der Waals surface area (Å²) in [5.74, 6) is -1.000. The van der Waals surface area contributed by atoms with Gasteiger partial charge in [0.2, 0.25) is 0 Å². The second kappa shape index (κ2) is 3.82. The summed E-state index contributed by atoms with van der Waals surface area (Å²) in [7, 11) is 0. The van der Waals surface area contributed by atoms with Crippen molar-refractivity contribution in [3.8, 4) is 10.7 Å². The predicted octanol–water partition coefficient (Wildman–Crippen LogP) is 1.72. The number of aryl methyl sites for hydroxylation is 1. The van der Waals surface area contributed by atoms with E-state index in [1.807, 2.05) is 13.0 Å². The molecule has 0 atom stereocenters. The maximum atomic E-state index is 10.7. The van der Waals surface area contributed by atoms with Crippen LogP contribution in [-0.2, 0) is 6.54 Å². The Kier molecular flexibility index (Phi) is 2.51. The fourth-order valence-electron chi connectivity index (χ4n) is 1.26. The van der Waals surface area contributed by atoms with Crippen LogP contribution < -0.4 is 0 Å².